The molecule has 3 rings (SSSR count). The number of H-pyrrole nitrogens is 1. The number of primary sulfonamides is 1. The first-order valence-corrected chi connectivity index (χ1v) is 9.36. The third-order valence-electron chi connectivity index (χ3n) is 4.11. The van der Waals surface area contributed by atoms with Crippen LogP contribution in [0.15, 0.2) is 59.6 Å². The van der Waals surface area contributed by atoms with E-state index in [1.807, 2.05) is 37.4 Å². The van der Waals surface area contributed by atoms with Crippen LogP contribution in [-0.4, -0.2) is 19.3 Å². The fourth-order valence-corrected chi connectivity index (χ4v) is 3.29. The Morgan fingerprint density at radius 2 is 1.84 bits per heavy atom. The van der Waals surface area contributed by atoms with Crippen molar-refractivity contribution >= 4 is 26.8 Å². The minimum atomic E-state index is -3.71. The van der Waals surface area contributed by atoms with Crippen LogP contribution in [0, 0.1) is 0 Å². The van der Waals surface area contributed by atoms with Gasteiger partial charge in [0.05, 0.1) is 17.4 Å². The molecule has 0 aliphatic rings. The van der Waals surface area contributed by atoms with Crippen LogP contribution in [0.4, 0.5) is 0 Å². The fourth-order valence-electron chi connectivity index (χ4n) is 2.77. The summed E-state index contributed by atoms with van der Waals surface area (Å²) in [6.45, 7) is 1.85. The van der Waals surface area contributed by atoms with Crippen LogP contribution in [0.25, 0.3) is 10.9 Å². The second kappa shape index (κ2) is 6.70. The van der Waals surface area contributed by atoms with E-state index in [0.717, 1.165) is 22.0 Å². The third kappa shape index (κ3) is 3.89. The zero-order chi connectivity index (χ0) is 18.0. The molecule has 1 atom stereocenters. The van der Waals surface area contributed by atoms with E-state index in [-0.39, 0.29) is 23.3 Å². The lowest BCUT2D eigenvalue weighted by molar-refractivity contribution is -0.121. The summed E-state index contributed by atoms with van der Waals surface area (Å²) < 4.78 is 22.6. The summed E-state index contributed by atoms with van der Waals surface area (Å²) in [5.41, 5.74) is 2.74. The average molecular weight is 357 g/mol. The van der Waals surface area contributed by atoms with Gasteiger partial charge < -0.3 is 10.3 Å². The fraction of sp³-hybridized carbons (Fsp3) is 0.167. The molecule has 0 spiro atoms. The number of hydrogen-bond donors (Lipinski definition) is 3. The molecule has 0 saturated carbocycles. The number of rotatable bonds is 5. The van der Waals surface area contributed by atoms with Crippen molar-refractivity contribution in [2.24, 2.45) is 5.14 Å². The standard InChI is InChI=1S/C18H19N3O3S/c1-12(13-6-8-15(9-7-13)25(19,23)24)21-18(22)10-14-11-20-17-5-3-2-4-16(14)17/h2-9,11-12,20H,10H2,1H3,(H,21,22)(H2,19,23,24). The van der Waals surface area contributed by atoms with Crippen molar-refractivity contribution < 1.29 is 13.2 Å². The molecular formula is C18H19N3O3S. The Bertz CT molecular complexity index is 1010. The highest BCUT2D eigenvalue weighted by Gasteiger charge is 2.14. The minimum Gasteiger partial charge on any atom is -0.361 e. The quantitative estimate of drug-likeness (QED) is 0.652. The molecule has 0 aliphatic carbocycles. The summed E-state index contributed by atoms with van der Waals surface area (Å²) in [5.74, 6) is -0.104. The highest BCUT2D eigenvalue weighted by atomic mass is 32.2. The average Bonchev–Trinajstić information content (AvgIpc) is 2.97. The van der Waals surface area contributed by atoms with Crippen LogP contribution in [-0.2, 0) is 21.2 Å². The number of sulfonamides is 1. The van der Waals surface area contributed by atoms with Gasteiger partial charge in [0, 0.05) is 17.1 Å². The molecule has 0 radical (unpaired) electrons. The van der Waals surface area contributed by atoms with Crippen molar-refractivity contribution in [3.8, 4) is 0 Å². The number of nitrogens with one attached hydrogen (secondary N) is 2. The minimum absolute atomic E-state index is 0.0496. The Labute approximate surface area is 146 Å². The van der Waals surface area contributed by atoms with Gasteiger partial charge in [-0.15, -0.1) is 0 Å². The molecule has 0 aliphatic heterocycles. The van der Waals surface area contributed by atoms with Crippen molar-refractivity contribution in [2.45, 2.75) is 24.3 Å². The molecule has 1 heterocycles. The molecule has 3 aromatic rings. The van der Waals surface area contributed by atoms with Gasteiger partial charge in [-0.05, 0) is 36.2 Å². The van der Waals surface area contributed by atoms with E-state index in [1.165, 1.54) is 12.1 Å². The van der Waals surface area contributed by atoms with E-state index < -0.39 is 10.0 Å². The highest BCUT2D eigenvalue weighted by molar-refractivity contribution is 7.89. The number of fused-ring (bicyclic) bond motifs is 1. The lowest BCUT2D eigenvalue weighted by atomic mass is 10.1. The van der Waals surface area contributed by atoms with Gasteiger partial charge in [-0.1, -0.05) is 30.3 Å². The first-order valence-electron chi connectivity index (χ1n) is 7.82. The number of hydrogen-bond acceptors (Lipinski definition) is 3. The summed E-state index contributed by atoms with van der Waals surface area (Å²) in [4.78, 5) is 15.5. The molecule has 0 bridgehead atoms. The maximum Gasteiger partial charge on any atom is 0.238 e. The van der Waals surface area contributed by atoms with Crippen molar-refractivity contribution in [1.82, 2.24) is 10.3 Å². The third-order valence-corrected chi connectivity index (χ3v) is 5.04. The number of aromatic nitrogens is 1. The maximum absolute atomic E-state index is 12.3. The smallest absolute Gasteiger partial charge is 0.238 e. The Morgan fingerprint density at radius 1 is 1.16 bits per heavy atom. The van der Waals surface area contributed by atoms with E-state index >= 15 is 0 Å². The number of carbonyl (C=O) groups excluding carboxylic acids is 1. The van der Waals surface area contributed by atoms with E-state index in [0.29, 0.717) is 0 Å². The summed E-state index contributed by atoms with van der Waals surface area (Å²) in [6.07, 6.45) is 2.11. The maximum atomic E-state index is 12.3. The van der Waals surface area contributed by atoms with Crippen molar-refractivity contribution in [2.75, 3.05) is 0 Å². The SMILES string of the molecule is CC(NC(=O)Cc1c[nH]c2ccccc12)c1ccc(S(N)(=O)=O)cc1. The van der Waals surface area contributed by atoms with Crippen LogP contribution >= 0.6 is 0 Å². The van der Waals surface area contributed by atoms with Gasteiger partial charge in [-0.3, -0.25) is 4.79 Å². The number of amides is 1. The second-order valence-electron chi connectivity index (χ2n) is 5.94. The van der Waals surface area contributed by atoms with Gasteiger partial charge in [0.15, 0.2) is 0 Å². The Morgan fingerprint density at radius 3 is 2.52 bits per heavy atom. The first kappa shape index (κ1) is 17.2. The zero-order valence-corrected chi connectivity index (χ0v) is 14.5. The molecule has 2 aromatic carbocycles. The van der Waals surface area contributed by atoms with E-state index in [2.05, 4.69) is 10.3 Å². The molecule has 1 amide bonds. The van der Waals surface area contributed by atoms with Crippen molar-refractivity contribution in [3.05, 3.63) is 65.9 Å². The Kier molecular flexibility index (Phi) is 4.61. The lowest BCUT2D eigenvalue weighted by Crippen LogP contribution is -2.28. The van der Waals surface area contributed by atoms with Crippen LogP contribution in [0.2, 0.25) is 0 Å². The number of para-hydroxylation sites is 1. The van der Waals surface area contributed by atoms with Crippen molar-refractivity contribution in [3.63, 3.8) is 0 Å². The molecular weight excluding hydrogens is 338 g/mol. The normalized spacial score (nSPS) is 12.9. The molecule has 1 unspecified atom stereocenters. The molecule has 1 aromatic heterocycles. The van der Waals surface area contributed by atoms with E-state index in [1.54, 1.807) is 12.1 Å². The van der Waals surface area contributed by atoms with Gasteiger partial charge in [0.1, 0.15) is 0 Å². The summed E-state index contributed by atoms with van der Waals surface area (Å²) in [5, 5.41) is 9.04. The largest absolute Gasteiger partial charge is 0.361 e. The zero-order valence-electron chi connectivity index (χ0n) is 13.7. The summed E-state index contributed by atoms with van der Waals surface area (Å²) in [6, 6.07) is 13.7. The molecule has 4 N–H and O–H groups in total. The monoisotopic (exact) mass is 357 g/mol. The van der Waals surface area contributed by atoms with E-state index in [9.17, 15) is 13.2 Å². The summed E-state index contributed by atoms with van der Waals surface area (Å²) >= 11 is 0. The molecule has 0 fully saturated rings. The Balaban J connectivity index is 1.68. The Hall–Kier alpha value is -2.64. The molecule has 7 heteroatoms. The number of carbonyl (C=O) groups is 1. The number of aromatic amines is 1. The molecule has 130 valence electrons. The van der Waals surface area contributed by atoms with Crippen LogP contribution < -0.4 is 10.5 Å². The predicted molar refractivity (Wildman–Crippen MR) is 96.4 cm³/mol. The van der Waals surface area contributed by atoms with E-state index in [4.69, 9.17) is 5.14 Å². The van der Waals surface area contributed by atoms with Crippen LogP contribution in [0.3, 0.4) is 0 Å². The van der Waals surface area contributed by atoms with Gasteiger partial charge >= 0.3 is 0 Å². The second-order valence-corrected chi connectivity index (χ2v) is 7.50. The predicted octanol–water partition coefficient (Wildman–Crippen LogP) is 2.24. The van der Waals surface area contributed by atoms with Crippen molar-refractivity contribution in [1.29, 1.82) is 0 Å². The summed E-state index contributed by atoms with van der Waals surface area (Å²) in [7, 11) is -3.71. The number of nitrogens with two attached hydrogens (primary N) is 1. The molecule has 25 heavy (non-hydrogen) atoms. The van der Waals surface area contributed by atoms with Gasteiger partial charge in [-0.2, -0.15) is 0 Å². The van der Waals surface area contributed by atoms with Crippen LogP contribution in [0.1, 0.15) is 24.1 Å². The molecule has 6 nitrogen and oxygen atoms in total. The van der Waals surface area contributed by atoms with Gasteiger partial charge in [0.25, 0.3) is 0 Å². The topological polar surface area (TPSA) is 105 Å². The highest BCUT2D eigenvalue weighted by Crippen LogP contribution is 2.19. The van der Waals surface area contributed by atoms with Gasteiger partial charge in [0.2, 0.25) is 15.9 Å². The molecule has 0 saturated heterocycles. The lowest BCUT2D eigenvalue weighted by Gasteiger charge is -2.14. The van der Waals surface area contributed by atoms with Gasteiger partial charge in [-0.25, -0.2) is 13.6 Å². The first-order chi connectivity index (χ1) is 11.8. The number of benzene rings is 2. The van der Waals surface area contributed by atoms with Crippen LogP contribution in [0.5, 0.6) is 0 Å².